The van der Waals surface area contributed by atoms with Gasteiger partial charge in [-0.2, -0.15) is 4.31 Å². The summed E-state index contributed by atoms with van der Waals surface area (Å²) >= 11 is 0. The largest absolute Gasteiger partial charge is 0.497 e. The predicted molar refractivity (Wildman–Crippen MR) is 89.4 cm³/mol. The summed E-state index contributed by atoms with van der Waals surface area (Å²) in [5.41, 5.74) is 1.67. The fourth-order valence-electron chi connectivity index (χ4n) is 2.26. The van der Waals surface area contributed by atoms with E-state index in [1.807, 2.05) is 31.2 Å². The fraction of sp³-hybridized carbons (Fsp3) is 0.294. The lowest BCUT2D eigenvalue weighted by Gasteiger charge is -2.18. The van der Waals surface area contributed by atoms with Crippen molar-refractivity contribution in [2.75, 3.05) is 21.3 Å². The molecule has 0 N–H and O–H groups in total. The van der Waals surface area contributed by atoms with Crippen molar-refractivity contribution in [2.45, 2.75) is 18.4 Å². The van der Waals surface area contributed by atoms with Crippen molar-refractivity contribution in [1.82, 2.24) is 4.31 Å². The standard InChI is InChI=1S/C17H21NO4S/c1-13-11-16(9-10-17(13)22-4)23(19,20)18(2)12-14-5-7-15(21-3)8-6-14/h5-11H,12H2,1-4H3. The Hall–Kier alpha value is -2.05. The van der Waals surface area contributed by atoms with Crippen molar-refractivity contribution in [3.05, 3.63) is 53.6 Å². The number of benzene rings is 2. The number of sulfonamides is 1. The van der Waals surface area contributed by atoms with Crippen LogP contribution in [0.3, 0.4) is 0 Å². The van der Waals surface area contributed by atoms with E-state index < -0.39 is 10.0 Å². The minimum atomic E-state index is -3.55. The van der Waals surface area contributed by atoms with Gasteiger partial charge in [-0.25, -0.2) is 8.42 Å². The highest BCUT2D eigenvalue weighted by molar-refractivity contribution is 7.89. The third-order valence-corrected chi connectivity index (χ3v) is 5.44. The van der Waals surface area contributed by atoms with Crippen molar-refractivity contribution in [3.8, 4) is 11.5 Å². The van der Waals surface area contributed by atoms with Gasteiger partial charge in [0.1, 0.15) is 11.5 Å². The van der Waals surface area contributed by atoms with Crippen molar-refractivity contribution in [1.29, 1.82) is 0 Å². The summed E-state index contributed by atoms with van der Waals surface area (Å²) < 4.78 is 36.9. The first kappa shape index (κ1) is 17.3. The Morgan fingerprint density at radius 3 is 2.17 bits per heavy atom. The number of aryl methyl sites for hydroxylation is 1. The number of ether oxygens (including phenoxy) is 2. The van der Waals surface area contributed by atoms with E-state index in [1.54, 1.807) is 39.5 Å². The zero-order chi connectivity index (χ0) is 17.0. The Labute approximate surface area is 137 Å². The molecule has 2 rings (SSSR count). The van der Waals surface area contributed by atoms with Crippen LogP contribution < -0.4 is 9.47 Å². The molecule has 0 aliphatic carbocycles. The maximum atomic E-state index is 12.7. The van der Waals surface area contributed by atoms with Crippen LogP contribution >= 0.6 is 0 Å². The lowest BCUT2D eigenvalue weighted by molar-refractivity contribution is 0.411. The average Bonchev–Trinajstić information content (AvgIpc) is 2.55. The maximum Gasteiger partial charge on any atom is 0.243 e. The molecule has 0 aromatic heterocycles. The fourth-order valence-corrected chi connectivity index (χ4v) is 3.51. The quantitative estimate of drug-likeness (QED) is 0.814. The van der Waals surface area contributed by atoms with E-state index in [1.165, 1.54) is 4.31 Å². The molecule has 0 saturated heterocycles. The minimum Gasteiger partial charge on any atom is -0.497 e. The molecule has 23 heavy (non-hydrogen) atoms. The first-order valence-corrected chi connectivity index (χ1v) is 8.56. The molecule has 0 aliphatic rings. The normalized spacial score (nSPS) is 11.5. The maximum absolute atomic E-state index is 12.7. The van der Waals surface area contributed by atoms with E-state index in [2.05, 4.69) is 0 Å². The van der Waals surface area contributed by atoms with Gasteiger partial charge < -0.3 is 9.47 Å². The van der Waals surface area contributed by atoms with E-state index >= 15 is 0 Å². The third-order valence-electron chi connectivity index (χ3n) is 3.64. The van der Waals surface area contributed by atoms with Crippen LogP contribution in [0, 0.1) is 6.92 Å². The summed E-state index contributed by atoms with van der Waals surface area (Å²) in [5, 5.41) is 0. The monoisotopic (exact) mass is 335 g/mol. The summed E-state index contributed by atoms with van der Waals surface area (Å²) in [6.07, 6.45) is 0. The van der Waals surface area contributed by atoms with Crippen molar-refractivity contribution < 1.29 is 17.9 Å². The van der Waals surface area contributed by atoms with Gasteiger partial charge in [-0.05, 0) is 48.4 Å². The van der Waals surface area contributed by atoms with Crippen LogP contribution in [0.1, 0.15) is 11.1 Å². The summed E-state index contributed by atoms with van der Waals surface area (Å²) in [5.74, 6) is 1.41. The third kappa shape index (κ3) is 3.83. The van der Waals surface area contributed by atoms with Crippen LogP contribution in [0.2, 0.25) is 0 Å². The van der Waals surface area contributed by atoms with Crippen molar-refractivity contribution >= 4 is 10.0 Å². The van der Waals surface area contributed by atoms with Crippen LogP contribution in [0.4, 0.5) is 0 Å². The lowest BCUT2D eigenvalue weighted by Crippen LogP contribution is -2.26. The van der Waals surface area contributed by atoms with E-state index in [0.29, 0.717) is 5.75 Å². The second kappa shape index (κ2) is 7.02. The number of nitrogens with zero attached hydrogens (tertiary/aromatic N) is 1. The second-order valence-corrected chi connectivity index (χ2v) is 7.29. The van der Waals surface area contributed by atoms with Crippen LogP contribution in [-0.4, -0.2) is 34.0 Å². The molecule has 0 saturated carbocycles. The highest BCUT2D eigenvalue weighted by atomic mass is 32.2. The molecular formula is C17H21NO4S. The predicted octanol–water partition coefficient (Wildman–Crippen LogP) is 2.83. The summed E-state index contributed by atoms with van der Waals surface area (Å²) in [7, 11) is 1.17. The first-order valence-electron chi connectivity index (χ1n) is 7.12. The topological polar surface area (TPSA) is 55.8 Å². The second-order valence-electron chi connectivity index (χ2n) is 5.24. The molecule has 0 unspecified atom stereocenters. The van der Waals surface area contributed by atoms with Crippen molar-refractivity contribution in [3.63, 3.8) is 0 Å². The van der Waals surface area contributed by atoms with Gasteiger partial charge in [-0.1, -0.05) is 12.1 Å². The van der Waals surface area contributed by atoms with E-state index in [9.17, 15) is 8.42 Å². The minimum absolute atomic E-state index is 0.256. The molecular weight excluding hydrogens is 314 g/mol. The Balaban J connectivity index is 2.22. The van der Waals surface area contributed by atoms with Gasteiger partial charge in [0.2, 0.25) is 10.0 Å². The lowest BCUT2D eigenvalue weighted by atomic mass is 10.2. The highest BCUT2D eigenvalue weighted by Gasteiger charge is 2.21. The van der Waals surface area contributed by atoms with Gasteiger partial charge in [0.15, 0.2) is 0 Å². The summed E-state index contributed by atoms with van der Waals surface area (Å²) in [6.45, 7) is 2.11. The summed E-state index contributed by atoms with van der Waals surface area (Å²) in [4.78, 5) is 0.256. The average molecular weight is 335 g/mol. The van der Waals surface area contributed by atoms with Gasteiger partial charge in [-0.3, -0.25) is 0 Å². The van der Waals surface area contributed by atoms with Gasteiger partial charge in [0, 0.05) is 13.6 Å². The van der Waals surface area contributed by atoms with Gasteiger partial charge >= 0.3 is 0 Å². The zero-order valence-electron chi connectivity index (χ0n) is 13.7. The van der Waals surface area contributed by atoms with Crippen molar-refractivity contribution in [2.24, 2.45) is 0 Å². The van der Waals surface area contributed by atoms with E-state index in [4.69, 9.17) is 9.47 Å². The Morgan fingerprint density at radius 2 is 1.65 bits per heavy atom. The molecule has 0 atom stereocenters. The Kier molecular flexibility index (Phi) is 5.28. The van der Waals surface area contributed by atoms with Crippen LogP contribution in [0.15, 0.2) is 47.4 Å². The van der Waals surface area contributed by atoms with Crippen LogP contribution in [0.25, 0.3) is 0 Å². The SMILES string of the molecule is COc1ccc(CN(C)S(=O)(=O)c2ccc(OC)c(C)c2)cc1. The zero-order valence-corrected chi connectivity index (χ0v) is 14.6. The number of hydrogen-bond acceptors (Lipinski definition) is 4. The molecule has 2 aromatic rings. The van der Waals surface area contributed by atoms with Gasteiger partial charge in [0.25, 0.3) is 0 Å². The molecule has 0 fully saturated rings. The molecule has 6 heteroatoms. The Bertz CT molecular complexity index is 770. The highest BCUT2D eigenvalue weighted by Crippen LogP contribution is 2.24. The molecule has 124 valence electrons. The molecule has 0 amide bonds. The smallest absolute Gasteiger partial charge is 0.243 e. The van der Waals surface area contributed by atoms with Gasteiger partial charge in [-0.15, -0.1) is 0 Å². The molecule has 0 radical (unpaired) electrons. The van der Waals surface area contributed by atoms with Crippen LogP contribution in [0.5, 0.6) is 11.5 Å². The Morgan fingerprint density at radius 1 is 1.00 bits per heavy atom. The molecule has 0 aliphatic heterocycles. The summed E-state index contributed by atoms with van der Waals surface area (Å²) in [6, 6.07) is 12.2. The van der Waals surface area contributed by atoms with E-state index in [0.717, 1.165) is 16.9 Å². The first-order chi connectivity index (χ1) is 10.9. The van der Waals surface area contributed by atoms with E-state index in [-0.39, 0.29) is 11.4 Å². The van der Waals surface area contributed by atoms with Crippen LogP contribution in [-0.2, 0) is 16.6 Å². The molecule has 0 spiro atoms. The molecule has 5 nitrogen and oxygen atoms in total. The number of hydrogen-bond donors (Lipinski definition) is 0. The number of rotatable bonds is 6. The molecule has 0 bridgehead atoms. The molecule has 0 heterocycles. The van der Waals surface area contributed by atoms with Gasteiger partial charge in [0.05, 0.1) is 19.1 Å². The molecule has 2 aromatic carbocycles. The number of methoxy groups -OCH3 is 2.